The molecule has 0 spiro atoms. The molecule has 0 saturated carbocycles. The summed E-state index contributed by atoms with van der Waals surface area (Å²) in [6.45, 7) is 0. The van der Waals surface area contributed by atoms with Gasteiger partial charge in [0.2, 0.25) is 0 Å². The van der Waals surface area contributed by atoms with E-state index >= 15 is 0 Å². The maximum Gasteiger partial charge on any atom is 0.491 e. The van der Waals surface area contributed by atoms with E-state index in [4.69, 9.17) is 11.6 Å². The lowest BCUT2D eigenvalue weighted by atomic mass is 10.5. The molecular formula is C6H3ClF3NO. The van der Waals surface area contributed by atoms with Crippen LogP contribution in [0.3, 0.4) is 0 Å². The highest BCUT2D eigenvalue weighted by molar-refractivity contribution is 6.30. The number of hydrogen-bond acceptors (Lipinski definition) is 1. The van der Waals surface area contributed by atoms with Gasteiger partial charge >= 0.3 is 6.30 Å². The smallest absolute Gasteiger partial charge is 0.267 e. The monoisotopic (exact) mass is 197 g/mol. The standard InChI is InChI=1S/C6H3ClF3NO/c7-4-2-1-3-11(5(4)12)6(8,9)10/h1-3H. The largest absolute Gasteiger partial charge is 0.491 e. The van der Waals surface area contributed by atoms with Crippen molar-refractivity contribution in [1.29, 1.82) is 0 Å². The summed E-state index contributed by atoms with van der Waals surface area (Å²) < 4.78 is 35.4. The predicted molar refractivity (Wildman–Crippen MR) is 37.0 cm³/mol. The van der Waals surface area contributed by atoms with Crippen molar-refractivity contribution in [1.82, 2.24) is 4.57 Å². The minimum absolute atomic E-state index is 0.380. The van der Waals surface area contributed by atoms with Gasteiger partial charge < -0.3 is 0 Å². The van der Waals surface area contributed by atoms with Crippen LogP contribution in [0.25, 0.3) is 0 Å². The molecule has 0 aliphatic rings. The van der Waals surface area contributed by atoms with Crippen LogP contribution >= 0.6 is 11.6 Å². The lowest BCUT2D eigenvalue weighted by Gasteiger charge is -2.08. The Morgan fingerprint density at radius 3 is 2.42 bits per heavy atom. The van der Waals surface area contributed by atoms with Crippen molar-refractivity contribution < 1.29 is 13.2 Å². The zero-order valence-electron chi connectivity index (χ0n) is 5.60. The zero-order chi connectivity index (χ0) is 9.35. The Morgan fingerprint density at radius 2 is 2.00 bits per heavy atom. The van der Waals surface area contributed by atoms with Gasteiger partial charge in [0, 0.05) is 6.20 Å². The minimum atomic E-state index is -4.71. The molecule has 0 amide bonds. The van der Waals surface area contributed by atoms with Crippen molar-refractivity contribution in [2.75, 3.05) is 0 Å². The first-order valence-corrected chi connectivity index (χ1v) is 3.25. The third kappa shape index (κ3) is 1.61. The highest BCUT2D eigenvalue weighted by Gasteiger charge is 2.31. The van der Waals surface area contributed by atoms with Gasteiger partial charge in [-0.3, -0.25) is 4.79 Å². The molecule has 1 rings (SSSR count). The molecule has 0 saturated heterocycles. The van der Waals surface area contributed by atoms with Crippen molar-refractivity contribution in [3.8, 4) is 0 Å². The van der Waals surface area contributed by atoms with Crippen LogP contribution in [-0.4, -0.2) is 4.57 Å². The molecule has 0 bridgehead atoms. The fourth-order valence-electron chi connectivity index (χ4n) is 0.667. The Kier molecular flexibility index (Phi) is 2.14. The number of pyridine rings is 1. The first-order valence-electron chi connectivity index (χ1n) is 2.87. The number of rotatable bonds is 0. The quantitative estimate of drug-likeness (QED) is 0.623. The third-order valence-corrected chi connectivity index (χ3v) is 1.46. The summed E-state index contributed by atoms with van der Waals surface area (Å²) in [5.41, 5.74) is -1.26. The van der Waals surface area contributed by atoms with Crippen molar-refractivity contribution in [3.63, 3.8) is 0 Å². The van der Waals surface area contributed by atoms with Crippen molar-refractivity contribution in [2.24, 2.45) is 0 Å². The Bertz CT molecular complexity index is 343. The van der Waals surface area contributed by atoms with Gasteiger partial charge in [0.25, 0.3) is 5.56 Å². The van der Waals surface area contributed by atoms with E-state index in [2.05, 4.69) is 0 Å². The van der Waals surface area contributed by atoms with Crippen molar-refractivity contribution in [2.45, 2.75) is 6.30 Å². The van der Waals surface area contributed by atoms with Crippen LogP contribution in [0.15, 0.2) is 23.1 Å². The first kappa shape index (κ1) is 9.12. The minimum Gasteiger partial charge on any atom is -0.267 e. The van der Waals surface area contributed by atoms with E-state index in [-0.39, 0.29) is 4.57 Å². The SMILES string of the molecule is O=c1c(Cl)cccn1C(F)(F)F. The van der Waals surface area contributed by atoms with Gasteiger partial charge in [0.05, 0.1) is 0 Å². The van der Waals surface area contributed by atoms with E-state index in [1.807, 2.05) is 0 Å². The number of hydrogen-bond donors (Lipinski definition) is 0. The summed E-state index contributed by atoms with van der Waals surface area (Å²) in [5.74, 6) is 0. The zero-order valence-corrected chi connectivity index (χ0v) is 6.36. The van der Waals surface area contributed by atoms with Crippen LogP contribution in [0.4, 0.5) is 13.2 Å². The molecule has 0 N–H and O–H groups in total. The van der Waals surface area contributed by atoms with Gasteiger partial charge in [-0.1, -0.05) is 11.6 Å². The molecule has 0 aliphatic heterocycles. The van der Waals surface area contributed by atoms with Crippen LogP contribution in [0, 0.1) is 0 Å². The summed E-state index contributed by atoms with van der Waals surface area (Å²) >= 11 is 5.19. The van der Waals surface area contributed by atoms with Crippen molar-refractivity contribution in [3.05, 3.63) is 33.7 Å². The molecule has 1 heterocycles. The highest BCUT2D eigenvalue weighted by Crippen LogP contribution is 2.19. The molecule has 0 atom stereocenters. The van der Waals surface area contributed by atoms with Gasteiger partial charge in [0.1, 0.15) is 5.02 Å². The molecule has 0 fully saturated rings. The first-order chi connectivity index (χ1) is 5.43. The maximum absolute atomic E-state index is 11.9. The van der Waals surface area contributed by atoms with Gasteiger partial charge in [-0.25, -0.2) is 4.57 Å². The molecule has 0 unspecified atom stereocenters. The lowest BCUT2D eigenvalue weighted by molar-refractivity contribution is -0.206. The summed E-state index contributed by atoms with van der Waals surface area (Å²) in [4.78, 5) is 10.7. The van der Waals surface area contributed by atoms with Crippen LogP contribution < -0.4 is 5.56 Å². The molecule has 1 aromatic heterocycles. The third-order valence-electron chi connectivity index (χ3n) is 1.17. The topological polar surface area (TPSA) is 22.0 Å². The Labute approximate surface area is 70.2 Å². The second-order valence-electron chi connectivity index (χ2n) is 2.00. The van der Waals surface area contributed by atoms with E-state index in [0.29, 0.717) is 6.20 Å². The molecule has 66 valence electrons. The van der Waals surface area contributed by atoms with E-state index in [1.54, 1.807) is 0 Å². The summed E-state index contributed by atoms with van der Waals surface area (Å²) in [6, 6.07) is 2.16. The van der Waals surface area contributed by atoms with Crippen molar-refractivity contribution >= 4 is 11.6 Å². The Balaban J connectivity index is 3.37. The van der Waals surface area contributed by atoms with Gasteiger partial charge in [-0.15, -0.1) is 13.2 Å². The van der Waals surface area contributed by atoms with Gasteiger partial charge in [-0.05, 0) is 12.1 Å². The number of halogens is 4. The van der Waals surface area contributed by atoms with Crippen LogP contribution in [-0.2, 0) is 6.30 Å². The Morgan fingerprint density at radius 1 is 1.42 bits per heavy atom. The second kappa shape index (κ2) is 2.82. The molecule has 0 radical (unpaired) electrons. The Hall–Kier alpha value is -0.970. The van der Waals surface area contributed by atoms with E-state index in [0.717, 1.165) is 12.1 Å². The summed E-state index contributed by atoms with van der Waals surface area (Å²) in [7, 11) is 0. The molecule has 6 heteroatoms. The number of alkyl halides is 3. The average Bonchev–Trinajstić information content (AvgIpc) is 1.92. The average molecular weight is 198 g/mol. The van der Waals surface area contributed by atoms with E-state index in [9.17, 15) is 18.0 Å². The van der Waals surface area contributed by atoms with Gasteiger partial charge in [-0.2, -0.15) is 0 Å². The summed E-state index contributed by atoms with van der Waals surface area (Å²) in [6.07, 6.45) is -4.09. The fourth-order valence-corrected chi connectivity index (χ4v) is 0.831. The van der Waals surface area contributed by atoms with E-state index in [1.165, 1.54) is 0 Å². The molecular weight excluding hydrogens is 195 g/mol. The lowest BCUT2D eigenvalue weighted by Crippen LogP contribution is -2.30. The summed E-state index contributed by atoms with van der Waals surface area (Å²) in [5, 5.41) is -0.449. The van der Waals surface area contributed by atoms with E-state index < -0.39 is 16.9 Å². The van der Waals surface area contributed by atoms with Gasteiger partial charge in [0.15, 0.2) is 0 Å². The maximum atomic E-state index is 11.9. The molecule has 12 heavy (non-hydrogen) atoms. The van der Waals surface area contributed by atoms with Crippen LogP contribution in [0.2, 0.25) is 5.02 Å². The fraction of sp³-hybridized carbons (Fsp3) is 0.167. The predicted octanol–water partition coefficient (Wildman–Crippen LogP) is 1.98. The number of nitrogens with zero attached hydrogens (tertiary/aromatic N) is 1. The van der Waals surface area contributed by atoms with Crippen LogP contribution in [0.1, 0.15) is 0 Å². The molecule has 2 nitrogen and oxygen atoms in total. The molecule has 1 aromatic rings. The number of aromatic nitrogens is 1. The second-order valence-corrected chi connectivity index (χ2v) is 2.41. The molecule has 0 aliphatic carbocycles. The highest BCUT2D eigenvalue weighted by atomic mass is 35.5. The normalized spacial score (nSPS) is 11.7. The molecule has 0 aromatic carbocycles. The van der Waals surface area contributed by atoms with Crippen LogP contribution in [0.5, 0.6) is 0 Å².